The average molecular weight is 269 g/mol. The van der Waals surface area contributed by atoms with Gasteiger partial charge in [0.25, 0.3) is 0 Å². The second-order valence-electron chi connectivity index (χ2n) is 4.84. The van der Waals surface area contributed by atoms with Gasteiger partial charge in [-0.3, -0.25) is 0 Å². The van der Waals surface area contributed by atoms with Crippen LogP contribution in [0, 0.1) is 0 Å². The van der Waals surface area contributed by atoms with Crippen LogP contribution in [0.15, 0.2) is 42.5 Å². The zero-order valence-corrected chi connectivity index (χ0v) is 11.7. The Bertz CT molecular complexity index is 595. The maximum atomic E-state index is 5.61. The van der Waals surface area contributed by atoms with E-state index in [-0.39, 0.29) is 0 Å². The lowest BCUT2D eigenvalue weighted by Crippen LogP contribution is -2.15. The highest BCUT2D eigenvalue weighted by atomic mass is 16.6. The molecule has 0 bridgehead atoms. The quantitative estimate of drug-likeness (QED) is 0.919. The van der Waals surface area contributed by atoms with Crippen molar-refractivity contribution in [3.05, 3.63) is 53.6 Å². The number of rotatable bonds is 4. The van der Waals surface area contributed by atoms with Gasteiger partial charge in [-0.05, 0) is 35.7 Å². The minimum absolute atomic E-state index is 0.628. The number of anilines is 1. The summed E-state index contributed by atoms with van der Waals surface area (Å²) in [6, 6.07) is 14.5. The Labute approximate surface area is 119 Å². The van der Waals surface area contributed by atoms with Gasteiger partial charge in [0, 0.05) is 12.2 Å². The van der Waals surface area contributed by atoms with Crippen molar-refractivity contribution in [1.82, 2.24) is 0 Å². The van der Waals surface area contributed by atoms with E-state index >= 15 is 0 Å². The molecule has 0 atom stereocenters. The second kappa shape index (κ2) is 5.87. The molecule has 1 aliphatic heterocycles. The first-order valence-corrected chi connectivity index (χ1v) is 7.07. The molecule has 104 valence electrons. The van der Waals surface area contributed by atoms with E-state index in [2.05, 4.69) is 48.6 Å². The highest BCUT2D eigenvalue weighted by molar-refractivity contribution is 5.52. The molecule has 20 heavy (non-hydrogen) atoms. The predicted octanol–water partition coefficient (Wildman–Crippen LogP) is 3.63. The summed E-state index contributed by atoms with van der Waals surface area (Å²) in [7, 11) is 0. The molecule has 1 aliphatic rings. The van der Waals surface area contributed by atoms with Crippen LogP contribution in [-0.4, -0.2) is 13.2 Å². The van der Waals surface area contributed by atoms with Gasteiger partial charge < -0.3 is 14.8 Å². The van der Waals surface area contributed by atoms with E-state index in [0.29, 0.717) is 13.2 Å². The molecule has 1 N–H and O–H groups in total. The molecule has 0 spiro atoms. The molecule has 0 radical (unpaired) electrons. The van der Waals surface area contributed by atoms with Gasteiger partial charge in [-0.15, -0.1) is 0 Å². The van der Waals surface area contributed by atoms with E-state index in [1.54, 1.807) is 0 Å². The molecule has 3 heteroatoms. The Kier molecular flexibility index (Phi) is 3.77. The number of fused-ring (bicyclic) bond motifs is 1. The van der Waals surface area contributed by atoms with Crippen LogP contribution in [0.1, 0.15) is 18.1 Å². The van der Waals surface area contributed by atoms with E-state index in [0.717, 1.165) is 24.5 Å². The van der Waals surface area contributed by atoms with Crippen LogP contribution in [0.2, 0.25) is 0 Å². The van der Waals surface area contributed by atoms with E-state index < -0.39 is 0 Å². The molecule has 0 saturated heterocycles. The van der Waals surface area contributed by atoms with Crippen molar-refractivity contribution in [2.45, 2.75) is 19.9 Å². The standard InChI is InChI=1S/C17H19NO2/c1-2-14-5-3-4-6-15(14)18-12-13-7-8-16-17(11-13)20-10-9-19-16/h3-8,11,18H,2,9-10,12H2,1H3. The molecule has 3 nitrogen and oxygen atoms in total. The summed E-state index contributed by atoms with van der Waals surface area (Å²) in [5, 5.41) is 3.49. The van der Waals surface area contributed by atoms with Gasteiger partial charge in [0.05, 0.1) is 0 Å². The van der Waals surface area contributed by atoms with Gasteiger partial charge in [-0.1, -0.05) is 31.2 Å². The Morgan fingerprint density at radius 2 is 1.80 bits per heavy atom. The largest absolute Gasteiger partial charge is 0.486 e. The van der Waals surface area contributed by atoms with Crippen molar-refractivity contribution in [2.24, 2.45) is 0 Å². The fourth-order valence-corrected chi connectivity index (χ4v) is 2.40. The van der Waals surface area contributed by atoms with E-state index in [4.69, 9.17) is 9.47 Å². The molecular formula is C17H19NO2. The number of aryl methyl sites for hydroxylation is 1. The summed E-state index contributed by atoms with van der Waals surface area (Å²) in [5.74, 6) is 1.69. The van der Waals surface area contributed by atoms with Crippen LogP contribution in [0.4, 0.5) is 5.69 Å². The topological polar surface area (TPSA) is 30.5 Å². The van der Waals surface area contributed by atoms with Gasteiger partial charge in [0.1, 0.15) is 13.2 Å². The van der Waals surface area contributed by atoms with Crippen LogP contribution >= 0.6 is 0 Å². The molecule has 1 heterocycles. The minimum atomic E-state index is 0.628. The summed E-state index contributed by atoms with van der Waals surface area (Å²) in [6.07, 6.45) is 1.03. The summed E-state index contributed by atoms with van der Waals surface area (Å²) in [6.45, 7) is 4.22. The number of benzene rings is 2. The number of para-hydroxylation sites is 1. The zero-order valence-electron chi connectivity index (χ0n) is 11.7. The van der Waals surface area contributed by atoms with Crippen LogP contribution in [0.25, 0.3) is 0 Å². The van der Waals surface area contributed by atoms with Gasteiger partial charge in [-0.2, -0.15) is 0 Å². The Morgan fingerprint density at radius 3 is 2.65 bits per heavy atom. The second-order valence-corrected chi connectivity index (χ2v) is 4.84. The van der Waals surface area contributed by atoms with E-state index in [1.165, 1.54) is 16.8 Å². The Balaban J connectivity index is 1.72. The molecule has 0 unspecified atom stereocenters. The highest BCUT2D eigenvalue weighted by Crippen LogP contribution is 2.31. The van der Waals surface area contributed by atoms with Crippen molar-refractivity contribution in [2.75, 3.05) is 18.5 Å². The first-order chi connectivity index (χ1) is 9.86. The number of nitrogens with one attached hydrogen (secondary N) is 1. The SMILES string of the molecule is CCc1ccccc1NCc1ccc2c(c1)OCCO2. The minimum Gasteiger partial charge on any atom is -0.486 e. The fourth-order valence-electron chi connectivity index (χ4n) is 2.40. The number of ether oxygens (including phenoxy) is 2. The van der Waals surface area contributed by atoms with Crippen molar-refractivity contribution in [3.8, 4) is 11.5 Å². The third-order valence-electron chi connectivity index (χ3n) is 3.49. The lowest BCUT2D eigenvalue weighted by atomic mass is 10.1. The molecule has 0 saturated carbocycles. The molecule has 0 aliphatic carbocycles. The van der Waals surface area contributed by atoms with Crippen molar-refractivity contribution >= 4 is 5.69 Å². The first-order valence-electron chi connectivity index (χ1n) is 7.07. The Morgan fingerprint density at radius 1 is 1.00 bits per heavy atom. The smallest absolute Gasteiger partial charge is 0.161 e. The Hall–Kier alpha value is -2.16. The van der Waals surface area contributed by atoms with E-state index in [1.807, 2.05) is 6.07 Å². The zero-order chi connectivity index (χ0) is 13.8. The highest BCUT2D eigenvalue weighted by Gasteiger charge is 2.11. The third kappa shape index (κ3) is 2.72. The van der Waals surface area contributed by atoms with Crippen LogP contribution in [0.5, 0.6) is 11.5 Å². The summed E-state index contributed by atoms with van der Waals surface area (Å²) < 4.78 is 11.1. The third-order valence-corrected chi connectivity index (χ3v) is 3.49. The van der Waals surface area contributed by atoms with Gasteiger partial charge in [0.2, 0.25) is 0 Å². The molecular weight excluding hydrogens is 250 g/mol. The summed E-state index contributed by atoms with van der Waals surface area (Å²) in [4.78, 5) is 0. The van der Waals surface area contributed by atoms with Crippen LogP contribution in [0.3, 0.4) is 0 Å². The fraction of sp³-hybridized carbons (Fsp3) is 0.294. The number of hydrogen-bond acceptors (Lipinski definition) is 3. The molecule has 3 rings (SSSR count). The normalized spacial score (nSPS) is 13.1. The maximum absolute atomic E-state index is 5.61. The maximum Gasteiger partial charge on any atom is 0.161 e. The van der Waals surface area contributed by atoms with Crippen molar-refractivity contribution in [3.63, 3.8) is 0 Å². The summed E-state index contributed by atoms with van der Waals surface area (Å²) >= 11 is 0. The van der Waals surface area contributed by atoms with Gasteiger partial charge >= 0.3 is 0 Å². The van der Waals surface area contributed by atoms with Crippen LogP contribution < -0.4 is 14.8 Å². The monoisotopic (exact) mass is 269 g/mol. The molecule has 0 aromatic heterocycles. The van der Waals surface area contributed by atoms with E-state index in [9.17, 15) is 0 Å². The van der Waals surface area contributed by atoms with Crippen molar-refractivity contribution < 1.29 is 9.47 Å². The molecule has 0 amide bonds. The van der Waals surface area contributed by atoms with Gasteiger partial charge in [-0.25, -0.2) is 0 Å². The van der Waals surface area contributed by atoms with Gasteiger partial charge in [0.15, 0.2) is 11.5 Å². The van der Waals surface area contributed by atoms with Crippen LogP contribution in [-0.2, 0) is 13.0 Å². The van der Waals surface area contributed by atoms with Crippen molar-refractivity contribution in [1.29, 1.82) is 0 Å². The number of hydrogen-bond donors (Lipinski definition) is 1. The lowest BCUT2D eigenvalue weighted by Gasteiger charge is -2.19. The average Bonchev–Trinajstić information content (AvgIpc) is 2.53. The molecule has 0 fully saturated rings. The summed E-state index contributed by atoms with van der Waals surface area (Å²) in [5.41, 5.74) is 3.73. The lowest BCUT2D eigenvalue weighted by molar-refractivity contribution is 0.171. The molecule has 2 aromatic carbocycles. The predicted molar refractivity (Wildman–Crippen MR) is 80.6 cm³/mol. The first kappa shape index (κ1) is 12.9. The molecule has 2 aromatic rings.